The van der Waals surface area contributed by atoms with E-state index in [-0.39, 0.29) is 0 Å². The van der Waals surface area contributed by atoms with Crippen molar-refractivity contribution >= 4 is 10.8 Å². The lowest BCUT2D eigenvalue weighted by molar-refractivity contribution is 0.552. The maximum Gasteiger partial charge on any atom is 0.0619 e. The third-order valence-corrected chi connectivity index (χ3v) is 2.73. The fraction of sp³-hybridized carbons (Fsp3) is 0.308. The number of nitrogens with two attached hydrogens (primary N) is 1. The van der Waals surface area contributed by atoms with Gasteiger partial charge < -0.3 is 11.1 Å². The minimum absolute atomic E-state index is 0.320. The number of nitrogens with zero attached hydrogens (tertiary/aromatic N) is 1. The lowest BCUT2D eigenvalue weighted by Gasteiger charge is -2.11. The van der Waals surface area contributed by atoms with Gasteiger partial charge in [0.25, 0.3) is 0 Å². The number of hydrogen-bond acceptors (Lipinski definition) is 3. The SMILES string of the molecule is C[C@H](CN)NCc1nccc2ccccc12. The Labute approximate surface area is 95.7 Å². The van der Waals surface area contributed by atoms with Crippen LogP contribution in [0.1, 0.15) is 12.6 Å². The highest BCUT2D eigenvalue weighted by Crippen LogP contribution is 2.15. The molecule has 0 amide bonds. The summed E-state index contributed by atoms with van der Waals surface area (Å²) in [6.45, 7) is 3.48. The van der Waals surface area contributed by atoms with Gasteiger partial charge in [-0.15, -0.1) is 0 Å². The van der Waals surface area contributed by atoms with Crippen molar-refractivity contribution in [3.8, 4) is 0 Å². The Morgan fingerprint density at radius 2 is 2.12 bits per heavy atom. The maximum absolute atomic E-state index is 5.57. The molecule has 3 nitrogen and oxygen atoms in total. The molecule has 0 saturated heterocycles. The lowest BCUT2D eigenvalue weighted by Crippen LogP contribution is -2.32. The lowest BCUT2D eigenvalue weighted by atomic mass is 10.1. The second-order valence-electron chi connectivity index (χ2n) is 4.00. The summed E-state index contributed by atoms with van der Waals surface area (Å²) in [7, 11) is 0. The first-order valence-corrected chi connectivity index (χ1v) is 5.57. The summed E-state index contributed by atoms with van der Waals surface area (Å²) in [6.07, 6.45) is 1.85. The van der Waals surface area contributed by atoms with Gasteiger partial charge in [-0.25, -0.2) is 0 Å². The van der Waals surface area contributed by atoms with Crippen LogP contribution in [0.3, 0.4) is 0 Å². The van der Waals surface area contributed by atoms with Crippen molar-refractivity contribution < 1.29 is 0 Å². The van der Waals surface area contributed by atoms with Gasteiger partial charge in [-0.2, -0.15) is 0 Å². The van der Waals surface area contributed by atoms with E-state index in [2.05, 4.69) is 29.4 Å². The molecular formula is C13H17N3. The van der Waals surface area contributed by atoms with Crippen LogP contribution in [0.5, 0.6) is 0 Å². The molecule has 0 aliphatic carbocycles. The van der Waals surface area contributed by atoms with E-state index < -0.39 is 0 Å². The van der Waals surface area contributed by atoms with Crippen molar-refractivity contribution in [2.45, 2.75) is 19.5 Å². The summed E-state index contributed by atoms with van der Waals surface area (Å²) >= 11 is 0. The second kappa shape index (κ2) is 5.05. The van der Waals surface area contributed by atoms with Crippen molar-refractivity contribution in [2.75, 3.05) is 6.54 Å². The van der Waals surface area contributed by atoms with Gasteiger partial charge >= 0.3 is 0 Å². The van der Waals surface area contributed by atoms with Gasteiger partial charge in [-0.3, -0.25) is 4.98 Å². The molecule has 0 bridgehead atoms. The molecule has 0 aliphatic rings. The first-order chi connectivity index (χ1) is 7.81. The van der Waals surface area contributed by atoms with Crippen LogP contribution in [0.15, 0.2) is 36.5 Å². The summed E-state index contributed by atoms with van der Waals surface area (Å²) in [5, 5.41) is 5.79. The van der Waals surface area contributed by atoms with Crippen molar-refractivity contribution in [1.82, 2.24) is 10.3 Å². The maximum atomic E-state index is 5.57. The highest BCUT2D eigenvalue weighted by atomic mass is 14.9. The predicted molar refractivity (Wildman–Crippen MR) is 67.1 cm³/mol. The average molecular weight is 215 g/mol. The van der Waals surface area contributed by atoms with Crippen LogP contribution in [-0.2, 0) is 6.54 Å². The molecule has 0 spiro atoms. The van der Waals surface area contributed by atoms with E-state index in [4.69, 9.17) is 5.73 Å². The minimum atomic E-state index is 0.320. The van der Waals surface area contributed by atoms with Crippen LogP contribution in [0.2, 0.25) is 0 Å². The molecule has 2 rings (SSSR count). The minimum Gasteiger partial charge on any atom is -0.329 e. The van der Waals surface area contributed by atoms with E-state index in [9.17, 15) is 0 Å². The number of pyridine rings is 1. The van der Waals surface area contributed by atoms with Crippen LogP contribution in [0.25, 0.3) is 10.8 Å². The number of benzene rings is 1. The van der Waals surface area contributed by atoms with Gasteiger partial charge in [0.15, 0.2) is 0 Å². The molecule has 0 unspecified atom stereocenters. The van der Waals surface area contributed by atoms with Crippen molar-refractivity contribution in [2.24, 2.45) is 5.73 Å². The number of hydrogen-bond donors (Lipinski definition) is 2. The third kappa shape index (κ3) is 2.38. The number of aromatic nitrogens is 1. The molecule has 3 N–H and O–H groups in total. The highest BCUT2D eigenvalue weighted by Gasteiger charge is 2.03. The Bertz CT molecular complexity index is 462. The zero-order valence-corrected chi connectivity index (χ0v) is 9.48. The van der Waals surface area contributed by atoms with Crippen molar-refractivity contribution in [3.63, 3.8) is 0 Å². The van der Waals surface area contributed by atoms with Crippen LogP contribution in [-0.4, -0.2) is 17.6 Å². The van der Waals surface area contributed by atoms with E-state index in [1.165, 1.54) is 10.8 Å². The molecule has 16 heavy (non-hydrogen) atoms. The molecular weight excluding hydrogens is 198 g/mol. The molecule has 0 saturated carbocycles. The Balaban J connectivity index is 2.23. The second-order valence-corrected chi connectivity index (χ2v) is 4.00. The molecule has 1 atom stereocenters. The number of rotatable bonds is 4. The van der Waals surface area contributed by atoms with Gasteiger partial charge in [0.1, 0.15) is 0 Å². The predicted octanol–water partition coefficient (Wildman–Crippen LogP) is 1.67. The van der Waals surface area contributed by atoms with Gasteiger partial charge in [0.2, 0.25) is 0 Å². The van der Waals surface area contributed by atoms with Gasteiger partial charge in [-0.1, -0.05) is 24.3 Å². The number of fused-ring (bicyclic) bond motifs is 1. The first-order valence-electron chi connectivity index (χ1n) is 5.57. The number of nitrogens with one attached hydrogen (secondary N) is 1. The summed E-state index contributed by atoms with van der Waals surface area (Å²) in [4.78, 5) is 4.41. The topological polar surface area (TPSA) is 50.9 Å². The van der Waals surface area contributed by atoms with Crippen LogP contribution in [0, 0.1) is 0 Å². The van der Waals surface area contributed by atoms with E-state index >= 15 is 0 Å². The van der Waals surface area contributed by atoms with E-state index in [1.54, 1.807) is 0 Å². The summed E-state index contributed by atoms with van der Waals surface area (Å²) in [5.74, 6) is 0. The Hall–Kier alpha value is -1.45. The van der Waals surface area contributed by atoms with Crippen molar-refractivity contribution in [1.29, 1.82) is 0 Å². The smallest absolute Gasteiger partial charge is 0.0619 e. The van der Waals surface area contributed by atoms with E-state index in [1.807, 2.05) is 24.4 Å². The van der Waals surface area contributed by atoms with Crippen molar-refractivity contribution in [3.05, 3.63) is 42.2 Å². The molecule has 3 heteroatoms. The zero-order valence-electron chi connectivity index (χ0n) is 9.48. The normalized spacial score (nSPS) is 12.9. The fourth-order valence-electron chi connectivity index (χ4n) is 1.68. The summed E-state index contributed by atoms with van der Waals surface area (Å²) in [5.41, 5.74) is 6.65. The average Bonchev–Trinajstić information content (AvgIpc) is 2.35. The Morgan fingerprint density at radius 1 is 1.31 bits per heavy atom. The highest BCUT2D eigenvalue weighted by molar-refractivity contribution is 5.84. The molecule has 0 fully saturated rings. The van der Waals surface area contributed by atoms with Crippen LogP contribution in [0.4, 0.5) is 0 Å². The zero-order chi connectivity index (χ0) is 11.4. The van der Waals surface area contributed by atoms with Gasteiger partial charge in [0.05, 0.1) is 5.69 Å². The van der Waals surface area contributed by atoms with Crippen LogP contribution >= 0.6 is 0 Å². The van der Waals surface area contributed by atoms with Gasteiger partial charge in [0, 0.05) is 30.7 Å². The Kier molecular flexibility index (Phi) is 3.49. The molecule has 1 aromatic heterocycles. The third-order valence-electron chi connectivity index (χ3n) is 2.73. The molecule has 1 heterocycles. The molecule has 84 valence electrons. The standard InChI is InChI=1S/C13H17N3/c1-10(8-14)16-9-13-12-5-3-2-4-11(12)6-7-15-13/h2-7,10,16H,8-9,14H2,1H3/t10-/m1/s1. The molecule has 0 aliphatic heterocycles. The van der Waals surface area contributed by atoms with E-state index in [0.29, 0.717) is 12.6 Å². The molecule has 2 aromatic rings. The molecule has 0 radical (unpaired) electrons. The Morgan fingerprint density at radius 3 is 2.94 bits per heavy atom. The largest absolute Gasteiger partial charge is 0.329 e. The first kappa shape index (κ1) is 11.0. The summed E-state index contributed by atoms with van der Waals surface area (Å²) < 4.78 is 0. The van der Waals surface area contributed by atoms with E-state index in [0.717, 1.165) is 12.2 Å². The van der Waals surface area contributed by atoms with Crippen LogP contribution < -0.4 is 11.1 Å². The molecule has 1 aromatic carbocycles. The fourth-order valence-corrected chi connectivity index (χ4v) is 1.68. The van der Waals surface area contributed by atoms with Gasteiger partial charge in [-0.05, 0) is 18.4 Å². The summed E-state index contributed by atoms with van der Waals surface area (Å²) in [6, 6.07) is 10.6. The quantitative estimate of drug-likeness (QED) is 0.815. The monoisotopic (exact) mass is 215 g/mol.